The molecule has 3 heteroatoms. The van der Waals surface area contributed by atoms with E-state index >= 15 is 0 Å². The molecule has 3 aromatic rings. The van der Waals surface area contributed by atoms with E-state index in [1.807, 2.05) is 36.4 Å². The van der Waals surface area contributed by atoms with Crippen LogP contribution in [0.1, 0.15) is 29.5 Å². The molecule has 0 saturated carbocycles. The van der Waals surface area contributed by atoms with Crippen LogP contribution in [-0.4, -0.2) is 4.98 Å². The van der Waals surface area contributed by atoms with Gasteiger partial charge in [-0.1, -0.05) is 31.2 Å². The first-order valence-corrected chi connectivity index (χ1v) is 7.27. The molecule has 0 N–H and O–H groups in total. The van der Waals surface area contributed by atoms with Crippen LogP contribution >= 0.6 is 11.6 Å². The summed E-state index contributed by atoms with van der Waals surface area (Å²) < 4.78 is 5.69. The topological polar surface area (TPSA) is 26.0 Å². The molecule has 102 valence electrons. The molecule has 0 amide bonds. The van der Waals surface area contributed by atoms with Gasteiger partial charge in [-0.15, -0.1) is 11.6 Å². The van der Waals surface area contributed by atoms with E-state index in [1.165, 1.54) is 0 Å². The first-order valence-electron chi connectivity index (χ1n) is 6.83. The molecule has 0 aliphatic rings. The number of aryl methyl sites for hydroxylation is 1. The van der Waals surface area contributed by atoms with Gasteiger partial charge in [-0.3, -0.25) is 4.98 Å². The molecule has 2 nitrogen and oxygen atoms in total. The molecule has 3 rings (SSSR count). The van der Waals surface area contributed by atoms with Crippen molar-refractivity contribution in [3.8, 4) is 0 Å². The average Bonchev–Trinajstić information content (AvgIpc) is 2.96. The zero-order valence-corrected chi connectivity index (χ0v) is 12.1. The first kappa shape index (κ1) is 13.2. The summed E-state index contributed by atoms with van der Waals surface area (Å²) in [7, 11) is 0. The maximum Gasteiger partial charge on any atom is 0.122 e. The molecule has 0 bridgehead atoms. The molecule has 2 aromatic heterocycles. The van der Waals surface area contributed by atoms with Crippen LogP contribution in [0.3, 0.4) is 0 Å². The number of para-hydroxylation sites is 1. The normalized spacial score (nSPS) is 12.7. The average molecular weight is 286 g/mol. The molecule has 2 heterocycles. The largest absolute Gasteiger partial charge is 0.465 e. The molecule has 0 spiro atoms. The van der Waals surface area contributed by atoms with Crippen molar-refractivity contribution in [2.75, 3.05) is 0 Å². The van der Waals surface area contributed by atoms with Gasteiger partial charge in [-0.25, -0.2) is 0 Å². The molecular formula is C17H16ClNO. The minimum absolute atomic E-state index is 0.177. The number of hydrogen-bond acceptors (Lipinski definition) is 2. The smallest absolute Gasteiger partial charge is 0.122 e. The zero-order chi connectivity index (χ0) is 13.9. The molecule has 0 aliphatic carbocycles. The molecular weight excluding hydrogens is 270 g/mol. The van der Waals surface area contributed by atoms with Crippen LogP contribution in [0.15, 0.2) is 52.9 Å². The number of aromatic nitrogens is 1. The van der Waals surface area contributed by atoms with Crippen molar-refractivity contribution in [2.45, 2.75) is 25.1 Å². The van der Waals surface area contributed by atoms with E-state index in [-0.39, 0.29) is 5.38 Å². The minimum atomic E-state index is -0.177. The Kier molecular flexibility index (Phi) is 3.75. The predicted octanol–water partition coefficient (Wildman–Crippen LogP) is 4.91. The standard InChI is InChI=1S/C17H16ClNO/c1-2-14-9-10-17(20-14)15(18)11-13-8-7-12-5-3-4-6-16(12)19-13/h3-10,15H,2,11H2,1H3. The molecule has 0 aliphatic heterocycles. The van der Waals surface area contributed by atoms with Gasteiger partial charge in [0.2, 0.25) is 0 Å². The van der Waals surface area contributed by atoms with Gasteiger partial charge < -0.3 is 4.42 Å². The Bertz CT molecular complexity index is 720. The van der Waals surface area contributed by atoms with Crippen molar-refractivity contribution in [1.29, 1.82) is 0 Å². The Balaban J connectivity index is 1.81. The molecule has 0 saturated heterocycles. The highest BCUT2D eigenvalue weighted by Gasteiger charge is 2.14. The zero-order valence-electron chi connectivity index (χ0n) is 11.3. The fourth-order valence-corrected chi connectivity index (χ4v) is 2.53. The van der Waals surface area contributed by atoms with Crippen LogP contribution in [0.5, 0.6) is 0 Å². The van der Waals surface area contributed by atoms with Gasteiger partial charge in [0.15, 0.2) is 0 Å². The Labute approximate surface area is 123 Å². The van der Waals surface area contributed by atoms with E-state index in [1.54, 1.807) is 0 Å². The maximum absolute atomic E-state index is 6.43. The van der Waals surface area contributed by atoms with Crippen molar-refractivity contribution >= 4 is 22.5 Å². The Morgan fingerprint density at radius 2 is 1.95 bits per heavy atom. The second-order valence-corrected chi connectivity index (χ2v) is 5.35. The molecule has 1 unspecified atom stereocenters. The van der Waals surface area contributed by atoms with Crippen molar-refractivity contribution in [1.82, 2.24) is 4.98 Å². The monoisotopic (exact) mass is 285 g/mol. The summed E-state index contributed by atoms with van der Waals surface area (Å²) in [5.41, 5.74) is 1.99. The van der Waals surface area contributed by atoms with Crippen molar-refractivity contribution in [3.05, 3.63) is 65.7 Å². The van der Waals surface area contributed by atoms with E-state index in [4.69, 9.17) is 16.0 Å². The highest BCUT2D eigenvalue weighted by molar-refractivity contribution is 6.20. The summed E-state index contributed by atoms with van der Waals surface area (Å²) in [6.07, 6.45) is 1.56. The van der Waals surface area contributed by atoms with E-state index in [9.17, 15) is 0 Å². The van der Waals surface area contributed by atoms with Gasteiger partial charge in [-0.05, 0) is 24.3 Å². The quantitative estimate of drug-likeness (QED) is 0.636. The van der Waals surface area contributed by atoms with Gasteiger partial charge in [0, 0.05) is 23.9 Å². The summed E-state index contributed by atoms with van der Waals surface area (Å²) in [6, 6.07) is 16.1. The third-order valence-electron chi connectivity index (χ3n) is 3.38. The van der Waals surface area contributed by atoms with Crippen molar-refractivity contribution in [2.24, 2.45) is 0 Å². The number of pyridine rings is 1. The molecule has 0 radical (unpaired) electrons. The first-order chi connectivity index (χ1) is 9.76. The SMILES string of the molecule is CCc1ccc(C(Cl)Cc2ccc3ccccc3n2)o1. The molecule has 0 fully saturated rings. The number of benzene rings is 1. The van der Waals surface area contributed by atoms with Crippen LogP contribution in [0.2, 0.25) is 0 Å². The Morgan fingerprint density at radius 1 is 1.10 bits per heavy atom. The number of furan rings is 1. The number of fused-ring (bicyclic) bond motifs is 1. The summed E-state index contributed by atoms with van der Waals surface area (Å²) in [6.45, 7) is 2.07. The van der Waals surface area contributed by atoms with Crippen LogP contribution in [0, 0.1) is 0 Å². The van der Waals surface area contributed by atoms with Crippen molar-refractivity contribution in [3.63, 3.8) is 0 Å². The van der Waals surface area contributed by atoms with Gasteiger partial charge >= 0.3 is 0 Å². The number of rotatable bonds is 4. The van der Waals surface area contributed by atoms with Gasteiger partial charge in [0.1, 0.15) is 11.5 Å². The molecule has 1 atom stereocenters. The summed E-state index contributed by atoms with van der Waals surface area (Å²) in [5.74, 6) is 1.79. The lowest BCUT2D eigenvalue weighted by Gasteiger charge is -2.07. The minimum Gasteiger partial charge on any atom is -0.465 e. The van der Waals surface area contributed by atoms with Crippen LogP contribution < -0.4 is 0 Å². The lowest BCUT2D eigenvalue weighted by atomic mass is 10.1. The Morgan fingerprint density at radius 3 is 2.75 bits per heavy atom. The molecule has 1 aromatic carbocycles. The van der Waals surface area contributed by atoms with Crippen LogP contribution in [0.4, 0.5) is 0 Å². The lowest BCUT2D eigenvalue weighted by Crippen LogP contribution is -1.97. The van der Waals surface area contributed by atoms with Crippen LogP contribution in [0.25, 0.3) is 10.9 Å². The lowest BCUT2D eigenvalue weighted by molar-refractivity contribution is 0.463. The van der Waals surface area contributed by atoms with Gasteiger partial charge in [-0.2, -0.15) is 0 Å². The van der Waals surface area contributed by atoms with Gasteiger partial charge in [0.25, 0.3) is 0 Å². The number of halogens is 1. The van der Waals surface area contributed by atoms with E-state index < -0.39 is 0 Å². The van der Waals surface area contributed by atoms with E-state index in [2.05, 4.69) is 24.0 Å². The van der Waals surface area contributed by atoms with Crippen molar-refractivity contribution < 1.29 is 4.42 Å². The fraction of sp³-hybridized carbons (Fsp3) is 0.235. The summed E-state index contributed by atoms with van der Waals surface area (Å²) in [4.78, 5) is 4.64. The Hall–Kier alpha value is -1.80. The third kappa shape index (κ3) is 2.70. The maximum atomic E-state index is 6.43. The number of hydrogen-bond donors (Lipinski definition) is 0. The fourth-order valence-electron chi connectivity index (χ4n) is 2.26. The highest BCUT2D eigenvalue weighted by atomic mass is 35.5. The third-order valence-corrected chi connectivity index (χ3v) is 3.75. The predicted molar refractivity (Wildman–Crippen MR) is 82.1 cm³/mol. The van der Waals surface area contributed by atoms with Crippen LogP contribution in [-0.2, 0) is 12.8 Å². The molecule has 20 heavy (non-hydrogen) atoms. The van der Waals surface area contributed by atoms with E-state index in [0.29, 0.717) is 6.42 Å². The summed E-state index contributed by atoms with van der Waals surface area (Å²) in [5, 5.41) is 0.970. The second kappa shape index (κ2) is 5.68. The highest BCUT2D eigenvalue weighted by Crippen LogP contribution is 2.27. The second-order valence-electron chi connectivity index (χ2n) is 4.82. The summed E-state index contributed by atoms with van der Waals surface area (Å²) >= 11 is 6.43. The van der Waals surface area contributed by atoms with E-state index in [0.717, 1.165) is 34.5 Å². The van der Waals surface area contributed by atoms with Gasteiger partial charge in [0.05, 0.1) is 10.9 Å². The number of alkyl halides is 1. The number of nitrogens with zero attached hydrogens (tertiary/aromatic N) is 1.